The molecule has 1 N–H and O–H groups in total. The molecule has 0 radical (unpaired) electrons. The monoisotopic (exact) mass is 347 g/mol. The van der Waals surface area contributed by atoms with Crippen molar-refractivity contribution in [3.63, 3.8) is 0 Å². The van der Waals surface area contributed by atoms with Crippen LogP contribution in [0.15, 0.2) is 42.7 Å². The Bertz CT molecular complexity index is 725. The van der Waals surface area contributed by atoms with Crippen LogP contribution >= 0.6 is 11.6 Å². The van der Waals surface area contributed by atoms with Crippen LogP contribution in [-0.2, 0) is 0 Å². The number of hydrogen-bond donors (Lipinski definition) is 1. The number of carbonyl (C=O) groups is 1. The molecule has 2 atom stereocenters. The van der Waals surface area contributed by atoms with Crippen LogP contribution in [0.2, 0.25) is 5.02 Å². The van der Waals surface area contributed by atoms with Crippen LogP contribution in [0.5, 0.6) is 0 Å². The zero-order valence-corrected chi connectivity index (χ0v) is 14.1. The minimum atomic E-state index is -0.410. The van der Waals surface area contributed by atoms with Crippen LogP contribution in [0.1, 0.15) is 28.4 Å². The lowest BCUT2D eigenvalue weighted by Crippen LogP contribution is -2.32. The Hall–Kier alpha value is -1.98. The summed E-state index contributed by atoms with van der Waals surface area (Å²) >= 11 is 5.78. The van der Waals surface area contributed by atoms with E-state index in [-0.39, 0.29) is 22.9 Å². The predicted molar refractivity (Wildman–Crippen MR) is 91.5 cm³/mol. The number of halogens is 2. The summed E-state index contributed by atoms with van der Waals surface area (Å²) in [5.41, 5.74) is 1.43. The second-order valence-corrected chi connectivity index (χ2v) is 6.51. The van der Waals surface area contributed by atoms with Crippen LogP contribution in [0, 0.1) is 11.7 Å². The van der Waals surface area contributed by atoms with Gasteiger partial charge in [-0.2, -0.15) is 0 Å². The zero-order valence-electron chi connectivity index (χ0n) is 13.4. The Morgan fingerprint density at radius 1 is 1.46 bits per heavy atom. The molecule has 6 heteroatoms. The van der Waals surface area contributed by atoms with Crippen LogP contribution in [0.3, 0.4) is 0 Å². The molecule has 1 aromatic heterocycles. The Morgan fingerprint density at radius 2 is 2.29 bits per heavy atom. The minimum absolute atomic E-state index is 0.0611. The van der Waals surface area contributed by atoms with E-state index in [1.54, 1.807) is 30.6 Å². The van der Waals surface area contributed by atoms with Gasteiger partial charge >= 0.3 is 0 Å². The molecule has 24 heavy (non-hydrogen) atoms. The molecule has 1 aliphatic rings. The molecule has 1 saturated heterocycles. The molecule has 4 nitrogen and oxygen atoms in total. The molecule has 1 aliphatic heterocycles. The Kier molecular flexibility index (Phi) is 5.11. The maximum absolute atomic E-state index is 13.8. The lowest BCUT2D eigenvalue weighted by Gasteiger charge is -2.26. The molecule has 3 rings (SSSR count). The van der Waals surface area contributed by atoms with Gasteiger partial charge in [0.2, 0.25) is 0 Å². The molecule has 0 spiro atoms. The van der Waals surface area contributed by atoms with Gasteiger partial charge in [-0.1, -0.05) is 17.7 Å². The third-order valence-electron chi connectivity index (χ3n) is 4.51. The number of aromatic nitrogens is 1. The third-order valence-corrected chi connectivity index (χ3v) is 4.81. The van der Waals surface area contributed by atoms with Gasteiger partial charge in [0.25, 0.3) is 5.91 Å². The fourth-order valence-electron chi connectivity index (χ4n) is 3.29. The highest BCUT2D eigenvalue weighted by Crippen LogP contribution is 2.36. The summed E-state index contributed by atoms with van der Waals surface area (Å²) in [6, 6.07) is 8.46. The normalized spacial score (nSPS) is 21.0. The molecule has 1 aromatic carbocycles. The fourth-order valence-corrected chi connectivity index (χ4v) is 3.40. The van der Waals surface area contributed by atoms with Crippen molar-refractivity contribution in [1.82, 2.24) is 15.2 Å². The van der Waals surface area contributed by atoms with Gasteiger partial charge in [-0.05, 0) is 55.8 Å². The highest BCUT2D eigenvalue weighted by molar-refractivity contribution is 6.30. The van der Waals surface area contributed by atoms with Crippen molar-refractivity contribution in [2.45, 2.75) is 12.5 Å². The number of rotatable bonds is 4. The number of hydrogen-bond acceptors (Lipinski definition) is 3. The number of nitrogens with one attached hydrogen (secondary N) is 1. The number of benzene rings is 1. The standard InChI is InChI=1S/C18H19ClFN3O/c1-23-8-6-13(11-22-18(24)14-3-2-7-21-10-14)17(23)12-4-5-15(19)16(20)9-12/h2-5,7,9-10,13,17H,6,8,11H2,1H3,(H,22,24). The van der Waals surface area contributed by atoms with Gasteiger partial charge in [-0.15, -0.1) is 0 Å². The van der Waals surface area contributed by atoms with Crippen molar-refractivity contribution in [1.29, 1.82) is 0 Å². The first-order valence-electron chi connectivity index (χ1n) is 7.89. The van der Waals surface area contributed by atoms with Gasteiger partial charge in [-0.25, -0.2) is 4.39 Å². The Balaban J connectivity index is 1.70. The number of amides is 1. The van der Waals surface area contributed by atoms with Crippen molar-refractivity contribution < 1.29 is 9.18 Å². The molecule has 0 bridgehead atoms. The topological polar surface area (TPSA) is 45.2 Å². The Morgan fingerprint density at radius 3 is 3.00 bits per heavy atom. The van der Waals surface area contributed by atoms with Crippen LogP contribution in [0.4, 0.5) is 4.39 Å². The summed E-state index contributed by atoms with van der Waals surface area (Å²) in [5.74, 6) is -0.331. The van der Waals surface area contributed by atoms with E-state index in [1.807, 2.05) is 13.1 Å². The molecule has 0 aliphatic carbocycles. The highest BCUT2D eigenvalue weighted by Gasteiger charge is 2.33. The van der Waals surface area contributed by atoms with Crippen LogP contribution in [-0.4, -0.2) is 35.9 Å². The number of likely N-dealkylation sites (tertiary alicyclic amines) is 1. The van der Waals surface area contributed by atoms with Gasteiger partial charge in [0.1, 0.15) is 5.82 Å². The van der Waals surface area contributed by atoms with E-state index >= 15 is 0 Å². The lowest BCUT2D eigenvalue weighted by atomic mass is 9.93. The van der Waals surface area contributed by atoms with Crippen molar-refractivity contribution >= 4 is 17.5 Å². The molecular weight excluding hydrogens is 329 g/mol. The van der Waals surface area contributed by atoms with E-state index in [0.717, 1.165) is 18.5 Å². The second kappa shape index (κ2) is 7.28. The van der Waals surface area contributed by atoms with Gasteiger partial charge in [0, 0.05) is 25.0 Å². The number of nitrogens with zero attached hydrogens (tertiary/aromatic N) is 2. The molecule has 2 heterocycles. The smallest absolute Gasteiger partial charge is 0.252 e. The van der Waals surface area contributed by atoms with E-state index in [9.17, 15) is 9.18 Å². The van der Waals surface area contributed by atoms with Crippen molar-refractivity contribution in [2.24, 2.45) is 5.92 Å². The summed E-state index contributed by atoms with van der Waals surface area (Å²) < 4.78 is 13.8. The molecule has 2 unspecified atom stereocenters. The summed E-state index contributed by atoms with van der Waals surface area (Å²) in [6.45, 7) is 1.44. The molecule has 1 amide bonds. The summed E-state index contributed by atoms with van der Waals surface area (Å²) in [7, 11) is 2.01. The van der Waals surface area contributed by atoms with E-state index in [0.29, 0.717) is 12.1 Å². The molecular formula is C18H19ClFN3O. The summed E-state index contributed by atoms with van der Waals surface area (Å²) in [4.78, 5) is 18.3. The molecule has 2 aromatic rings. The summed E-state index contributed by atoms with van der Waals surface area (Å²) in [6.07, 6.45) is 4.12. The van der Waals surface area contributed by atoms with Crippen LogP contribution in [0.25, 0.3) is 0 Å². The average Bonchev–Trinajstić information content (AvgIpc) is 2.96. The first-order chi connectivity index (χ1) is 11.6. The van der Waals surface area contributed by atoms with E-state index < -0.39 is 5.82 Å². The highest BCUT2D eigenvalue weighted by atomic mass is 35.5. The summed E-state index contributed by atoms with van der Waals surface area (Å²) in [5, 5.41) is 3.09. The molecule has 1 fully saturated rings. The van der Waals surface area contributed by atoms with Gasteiger partial charge in [0.05, 0.1) is 10.6 Å². The first-order valence-corrected chi connectivity index (χ1v) is 8.27. The zero-order chi connectivity index (χ0) is 17.1. The van der Waals surface area contributed by atoms with Crippen molar-refractivity contribution in [3.05, 3.63) is 64.7 Å². The van der Waals surface area contributed by atoms with Crippen LogP contribution < -0.4 is 5.32 Å². The van der Waals surface area contributed by atoms with Gasteiger partial charge < -0.3 is 5.32 Å². The fraction of sp³-hybridized carbons (Fsp3) is 0.333. The maximum atomic E-state index is 13.8. The maximum Gasteiger partial charge on any atom is 0.252 e. The molecule has 126 valence electrons. The number of carbonyl (C=O) groups excluding carboxylic acids is 1. The SMILES string of the molecule is CN1CCC(CNC(=O)c2cccnc2)C1c1ccc(Cl)c(F)c1. The third kappa shape index (κ3) is 3.57. The predicted octanol–water partition coefficient (Wildman–Crippen LogP) is 3.30. The van der Waals surface area contributed by atoms with E-state index in [2.05, 4.69) is 15.2 Å². The first kappa shape index (κ1) is 16.9. The minimum Gasteiger partial charge on any atom is -0.352 e. The number of pyridine rings is 1. The van der Waals surface area contributed by atoms with Crippen molar-refractivity contribution in [3.8, 4) is 0 Å². The average molecular weight is 348 g/mol. The van der Waals surface area contributed by atoms with E-state index in [1.165, 1.54) is 6.07 Å². The Labute approximate surface area is 145 Å². The second-order valence-electron chi connectivity index (χ2n) is 6.10. The lowest BCUT2D eigenvalue weighted by molar-refractivity contribution is 0.0943. The van der Waals surface area contributed by atoms with Gasteiger partial charge in [-0.3, -0.25) is 14.7 Å². The largest absolute Gasteiger partial charge is 0.352 e. The quantitative estimate of drug-likeness (QED) is 0.923. The van der Waals surface area contributed by atoms with Gasteiger partial charge in [0.15, 0.2) is 0 Å². The van der Waals surface area contributed by atoms with Crippen molar-refractivity contribution in [2.75, 3.05) is 20.1 Å². The van der Waals surface area contributed by atoms with E-state index in [4.69, 9.17) is 11.6 Å². The molecule has 0 saturated carbocycles.